The Balaban J connectivity index is 0.00000121. The molecule has 0 aliphatic rings. The average Bonchev–Trinajstić information content (AvgIpc) is 2.04. The maximum atomic E-state index is 4.96. The van der Waals surface area contributed by atoms with Gasteiger partial charge in [-0.25, -0.2) is 4.98 Å². The van der Waals surface area contributed by atoms with Crippen molar-refractivity contribution in [1.82, 2.24) is 4.98 Å². The second-order valence-electron chi connectivity index (χ2n) is 2.29. The highest BCUT2D eigenvalue weighted by atomic mass is 35.5. The van der Waals surface area contributed by atoms with Crippen LogP contribution in [0.4, 0.5) is 5.69 Å². The third-order valence-corrected chi connectivity index (χ3v) is 1.56. The molecule has 0 aliphatic carbocycles. The van der Waals surface area contributed by atoms with E-state index in [1.54, 1.807) is 13.3 Å². The molecule has 68 valence electrons. The molecule has 0 spiro atoms. The summed E-state index contributed by atoms with van der Waals surface area (Å²) in [6.07, 6.45) is 1.76. The quantitative estimate of drug-likeness (QED) is 0.770. The summed E-state index contributed by atoms with van der Waals surface area (Å²) in [5.74, 6) is 0.654. The van der Waals surface area contributed by atoms with Crippen LogP contribution in [0, 0.1) is 6.92 Å². The van der Waals surface area contributed by atoms with Crippen LogP contribution in [-0.4, -0.2) is 19.1 Å². The minimum atomic E-state index is 0. The lowest BCUT2D eigenvalue weighted by Gasteiger charge is -2.05. The summed E-state index contributed by atoms with van der Waals surface area (Å²) in [5, 5.41) is 3.03. The number of anilines is 1. The lowest BCUT2D eigenvalue weighted by molar-refractivity contribution is 0.397. The summed E-state index contributed by atoms with van der Waals surface area (Å²) in [6.45, 7) is 2.01. The number of pyridine rings is 1. The molecule has 0 saturated heterocycles. The van der Waals surface area contributed by atoms with E-state index >= 15 is 0 Å². The Morgan fingerprint density at radius 2 is 2.17 bits per heavy atom. The van der Waals surface area contributed by atoms with E-state index in [0.717, 1.165) is 11.3 Å². The van der Waals surface area contributed by atoms with E-state index in [-0.39, 0.29) is 12.4 Å². The van der Waals surface area contributed by atoms with E-state index in [4.69, 9.17) is 4.74 Å². The summed E-state index contributed by atoms with van der Waals surface area (Å²) in [5.41, 5.74) is 2.17. The van der Waals surface area contributed by atoms with E-state index < -0.39 is 0 Å². The zero-order chi connectivity index (χ0) is 8.27. The maximum absolute atomic E-state index is 4.96. The number of aryl methyl sites for hydroxylation is 1. The minimum Gasteiger partial charge on any atom is -0.481 e. The molecular weight excluding hydrogens is 176 g/mol. The molecule has 1 aromatic rings. The highest BCUT2D eigenvalue weighted by Crippen LogP contribution is 2.16. The fraction of sp³-hybridized carbons (Fsp3) is 0.375. The molecule has 0 unspecified atom stereocenters. The Morgan fingerprint density at radius 1 is 1.50 bits per heavy atom. The van der Waals surface area contributed by atoms with Gasteiger partial charge in [0, 0.05) is 13.1 Å². The molecular formula is C8H13ClN2O. The predicted octanol–water partition coefficient (Wildman–Crippen LogP) is 1.86. The second kappa shape index (κ2) is 4.83. The van der Waals surface area contributed by atoms with Crippen molar-refractivity contribution in [3.8, 4) is 5.88 Å². The van der Waals surface area contributed by atoms with Crippen molar-refractivity contribution in [3.63, 3.8) is 0 Å². The van der Waals surface area contributed by atoms with Gasteiger partial charge in [0.1, 0.15) is 0 Å². The standard InChI is InChI=1S/C8H12N2O.ClH/c1-6-4-8(11-3)10-5-7(6)9-2;/h4-5,9H,1-3H3;1H. The molecule has 0 aromatic carbocycles. The van der Waals surface area contributed by atoms with Crippen molar-refractivity contribution in [2.75, 3.05) is 19.5 Å². The molecule has 0 fully saturated rings. The van der Waals surface area contributed by atoms with Crippen LogP contribution in [-0.2, 0) is 0 Å². The van der Waals surface area contributed by atoms with Crippen LogP contribution in [0.15, 0.2) is 12.3 Å². The third kappa shape index (κ3) is 2.27. The molecule has 0 saturated carbocycles. The van der Waals surface area contributed by atoms with Crippen molar-refractivity contribution in [3.05, 3.63) is 17.8 Å². The van der Waals surface area contributed by atoms with E-state index in [1.165, 1.54) is 0 Å². The monoisotopic (exact) mass is 188 g/mol. The number of ether oxygens (including phenoxy) is 1. The fourth-order valence-corrected chi connectivity index (χ4v) is 0.904. The van der Waals surface area contributed by atoms with Crippen LogP contribution in [0.3, 0.4) is 0 Å². The Morgan fingerprint density at radius 3 is 2.58 bits per heavy atom. The first-order valence-electron chi connectivity index (χ1n) is 3.46. The van der Waals surface area contributed by atoms with Crippen molar-refractivity contribution in [2.24, 2.45) is 0 Å². The second-order valence-corrected chi connectivity index (χ2v) is 2.29. The van der Waals surface area contributed by atoms with Crippen LogP contribution >= 0.6 is 12.4 Å². The van der Waals surface area contributed by atoms with Gasteiger partial charge >= 0.3 is 0 Å². The molecule has 0 radical (unpaired) electrons. The Hall–Kier alpha value is -0.960. The average molecular weight is 189 g/mol. The third-order valence-electron chi connectivity index (χ3n) is 1.56. The molecule has 0 aliphatic heterocycles. The van der Waals surface area contributed by atoms with E-state index in [9.17, 15) is 0 Å². The largest absolute Gasteiger partial charge is 0.481 e. The number of halogens is 1. The van der Waals surface area contributed by atoms with Gasteiger partial charge in [-0.2, -0.15) is 0 Å². The number of hydrogen-bond donors (Lipinski definition) is 1. The van der Waals surface area contributed by atoms with Gasteiger partial charge in [0.15, 0.2) is 0 Å². The highest BCUT2D eigenvalue weighted by molar-refractivity contribution is 5.85. The first-order valence-corrected chi connectivity index (χ1v) is 3.46. The van der Waals surface area contributed by atoms with E-state index in [2.05, 4.69) is 10.3 Å². The number of aromatic nitrogens is 1. The molecule has 0 bridgehead atoms. The lowest BCUT2D eigenvalue weighted by atomic mass is 10.2. The van der Waals surface area contributed by atoms with Crippen LogP contribution < -0.4 is 10.1 Å². The number of hydrogen-bond acceptors (Lipinski definition) is 3. The van der Waals surface area contributed by atoms with Crippen LogP contribution in [0.1, 0.15) is 5.56 Å². The van der Waals surface area contributed by atoms with Gasteiger partial charge in [-0.1, -0.05) is 0 Å². The smallest absolute Gasteiger partial charge is 0.213 e. The minimum absolute atomic E-state index is 0. The molecule has 4 heteroatoms. The molecule has 3 nitrogen and oxygen atoms in total. The molecule has 0 atom stereocenters. The predicted molar refractivity (Wildman–Crippen MR) is 52.3 cm³/mol. The number of nitrogens with zero attached hydrogens (tertiary/aromatic N) is 1. The fourth-order valence-electron chi connectivity index (χ4n) is 0.904. The normalized spacial score (nSPS) is 8.58. The number of methoxy groups -OCH3 is 1. The summed E-state index contributed by atoms with van der Waals surface area (Å²) in [6, 6.07) is 1.89. The van der Waals surface area contributed by atoms with Gasteiger partial charge in [0.2, 0.25) is 5.88 Å². The topological polar surface area (TPSA) is 34.2 Å². The summed E-state index contributed by atoms with van der Waals surface area (Å²) in [7, 11) is 3.48. The van der Waals surface area contributed by atoms with Crippen molar-refractivity contribution in [1.29, 1.82) is 0 Å². The van der Waals surface area contributed by atoms with Crippen molar-refractivity contribution >= 4 is 18.1 Å². The van der Waals surface area contributed by atoms with Crippen molar-refractivity contribution < 1.29 is 4.74 Å². The van der Waals surface area contributed by atoms with Gasteiger partial charge in [0.25, 0.3) is 0 Å². The lowest BCUT2D eigenvalue weighted by Crippen LogP contribution is -1.94. The van der Waals surface area contributed by atoms with Crippen LogP contribution in [0.5, 0.6) is 5.88 Å². The zero-order valence-corrected chi connectivity index (χ0v) is 8.23. The van der Waals surface area contributed by atoms with Crippen LogP contribution in [0.25, 0.3) is 0 Å². The molecule has 1 heterocycles. The first-order chi connectivity index (χ1) is 5.27. The molecule has 1 aromatic heterocycles. The number of rotatable bonds is 2. The summed E-state index contributed by atoms with van der Waals surface area (Å²) in [4.78, 5) is 4.04. The zero-order valence-electron chi connectivity index (χ0n) is 7.42. The van der Waals surface area contributed by atoms with E-state index in [1.807, 2.05) is 20.0 Å². The van der Waals surface area contributed by atoms with E-state index in [0.29, 0.717) is 5.88 Å². The van der Waals surface area contributed by atoms with Gasteiger partial charge in [-0.15, -0.1) is 12.4 Å². The van der Waals surface area contributed by atoms with Crippen LogP contribution in [0.2, 0.25) is 0 Å². The highest BCUT2D eigenvalue weighted by Gasteiger charge is 1.97. The Labute approximate surface area is 78.6 Å². The van der Waals surface area contributed by atoms with Gasteiger partial charge in [-0.3, -0.25) is 0 Å². The Kier molecular flexibility index (Phi) is 4.44. The maximum Gasteiger partial charge on any atom is 0.213 e. The first kappa shape index (κ1) is 11.0. The SMILES string of the molecule is CNc1cnc(OC)cc1C.Cl. The number of nitrogens with one attached hydrogen (secondary N) is 1. The molecule has 1 N–H and O–H groups in total. The Bertz CT molecular complexity index is 253. The molecule has 12 heavy (non-hydrogen) atoms. The van der Waals surface area contributed by atoms with Crippen molar-refractivity contribution in [2.45, 2.75) is 6.92 Å². The molecule has 0 amide bonds. The van der Waals surface area contributed by atoms with Gasteiger partial charge < -0.3 is 10.1 Å². The summed E-state index contributed by atoms with van der Waals surface area (Å²) < 4.78 is 4.96. The van der Waals surface area contributed by atoms with Gasteiger partial charge in [0.05, 0.1) is 19.0 Å². The van der Waals surface area contributed by atoms with Gasteiger partial charge in [-0.05, 0) is 12.5 Å². The summed E-state index contributed by atoms with van der Waals surface area (Å²) >= 11 is 0. The molecule has 1 rings (SSSR count).